The Morgan fingerprint density at radius 3 is 1.94 bits per heavy atom. The lowest BCUT2D eigenvalue weighted by molar-refractivity contribution is -0.146. The number of rotatable bonds is 3. The first kappa shape index (κ1) is 12.7. The van der Waals surface area contributed by atoms with Crippen LogP contribution in [0.25, 0.3) is 0 Å². The summed E-state index contributed by atoms with van der Waals surface area (Å²) in [7, 11) is 0. The van der Waals surface area contributed by atoms with E-state index in [-0.39, 0.29) is 5.91 Å². The molecule has 1 rings (SSSR count). The smallest absolute Gasteiger partial charge is 0.287 e. The molecule has 0 saturated heterocycles. The molecule has 0 unspecified atom stereocenters. The molecular weight excluding hydrogens is 208 g/mol. The summed E-state index contributed by atoms with van der Waals surface area (Å²) >= 11 is 0. The summed E-state index contributed by atoms with van der Waals surface area (Å²) in [5, 5.41) is 2.66. The molecule has 0 aliphatic heterocycles. The molecule has 5 heteroatoms. The maximum Gasteiger partial charge on any atom is 0.287 e. The number of nitrogens with two attached hydrogens (primary N) is 1. The Labute approximate surface area is 94.8 Å². The lowest BCUT2D eigenvalue weighted by Gasteiger charge is -2.41. The molecule has 0 radical (unpaired) electrons. The van der Waals surface area contributed by atoms with Gasteiger partial charge in [-0.2, -0.15) is 0 Å². The van der Waals surface area contributed by atoms with E-state index in [1.807, 2.05) is 0 Å². The van der Waals surface area contributed by atoms with Gasteiger partial charge in [0, 0.05) is 5.41 Å². The number of ketones is 1. The van der Waals surface area contributed by atoms with Crippen LogP contribution in [0.3, 0.4) is 0 Å². The van der Waals surface area contributed by atoms with Gasteiger partial charge in [0.2, 0.25) is 11.7 Å². The number of carbonyl (C=O) groups excluding carboxylic acids is 3. The largest absolute Gasteiger partial charge is 0.363 e. The molecule has 0 heterocycles. The second-order valence-corrected chi connectivity index (χ2v) is 5.33. The Kier molecular flexibility index (Phi) is 3.08. The van der Waals surface area contributed by atoms with Crippen LogP contribution in [0.15, 0.2) is 0 Å². The van der Waals surface area contributed by atoms with E-state index in [0.717, 1.165) is 6.42 Å². The molecule has 5 nitrogen and oxygen atoms in total. The third-order valence-corrected chi connectivity index (χ3v) is 2.90. The molecule has 0 atom stereocenters. The van der Waals surface area contributed by atoms with E-state index in [1.165, 1.54) is 0 Å². The van der Waals surface area contributed by atoms with Crippen molar-refractivity contribution >= 4 is 17.6 Å². The van der Waals surface area contributed by atoms with E-state index in [9.17, 15) is 14.4 Å². The fourth-order valence-electron chi connectivity index (χ4n) is 1.58. The summed E-state index contributed by atoms with van der Waals surface area (Å²) in [6.07, 6.45) is 1.82. The molecule has 0 spiro atoms. The Morgan fingerprint density at radius 1 is 1.19 bits per heavy atom. The van der Waals surface area contributed by atoms with Crippen LogP contribution >= 0.6 is 0 Å². The average Bonchev–Trinajstić information content (AvgIpc) is 2.07. The molecule has 1 saturated carbocycles. The van der Waals surface area contributed by atoms with E-state index >= 15 is 0 Å². The van der Waals surface area contributed by atoms with E-state index in [4.69, 9.17) is 5.73 Å². The minimum absolute atomic E-state index is 0.234. The first-order valence-corrected chi connectivity index (χ1v) is 5.36. The summed E-state index contributed by atoms with van der Waals surface area (Å²) in [6.45, 7) is 5.26. The zero-order valence-corrected chi connectivity index (χ0v) is 9.92. The summed E-state index contributed by atoms with van der Waals surface area (Å²) in [4.78, 5) is 34.3. The van der Waals surface area contributed by atoms with Crippen molar-refractivity contribution in [3.05, 3.63) is 0 Å². The van der Waals surface area contributed by atoms with Gasteiger partial charge in [-0.3, -0.25) is 14.4 Å². The number of Topliss-reactive ketones (excluding diaryl/α,β-unsaturated/α-hetero) is 1. The van der Waals surface area contributed by atoms with Crippen molar-refractivity contribution in [2.75, 3.05) is 0 Å². The molecule has 1 aliphatic carbocycles. The van der Waals surface area contributed by atoms with Gasteiger partial charge in [0.25, 0.3) is 5.91 Å². The number of amides is 2. The van der Waals surface area contributed by atoms with Gasteiger partial charge in [-0.05, 0) is 19.3 Å². The molecule has 3 N–H and O–H groups in total. The number of hydrogen-bond acceptors (Lipinski definition) is 3. The molecule has 2 amide bonds. The molecule has 0 aromatic rings. The summed E-state index contributed by atoms with van der Waals surface area (Å²) in [6, 6.07) is 0. The van der Waals surface area contributed by atoms with Crippen molar-refractivity contribution in [1.29, 1.82) is 0 Å². The van der Waals surface area contributed by atoms with Crippen LogP contribution in [0, 0.1) is 5.41 Å². The van der Waals surface area contributed by atoms with Crippen molar-refractivity contribution < 1.29 is 14.4 Å². The third-order valence-electron chi connectivity index (χ3n) is 2.90. The summed E-state index contributed by atoms with van der Waals surface area (Å²) in [5.41, 5.74) is 3.36. The predicted octanol–water partition coefficient (Wildman–Crippen LogP) is 0.126. The van der Waals surface area contributed by atoms with E-state index < -0.39 is 22.6 Å². The highest BCUT2D eigenvalue weighted by atomic mass is 16.2. The van der Waals surface area contributed by atoms with Gasteiger partial charge in [-0.25, -0.2) is 0 Å². The summed E-state index contributed by atoms with van der Waals surface area (Å²) < 4.78 is 0. The maximum absolute atomic E-state index is 11.8. The zero-order valence-electron chi connectivity index (χ0n) is 9.92. The molecule has 0 aromatic heterocycles. The first-order valence-electron chi connectivity index (χ1n) is 5.36. The highest BCUT2D eigenvalue weighted by Crippen LogP contribution is 2.33. The zero-order chi connectivity index (χ0) is 12.6. The molecule has 0 aromatic carbocycles. The van der Waals surface area contributed by atoms with E-state index in [1.54, 1.807) is 20.8 Å². The predicted molar refractivity (Wildman–Crippen MR) is 58.4 cm³/mol. The Hall–Kier alpha value is -1.39. The average molecular weight is 226 g/mol. The van der Waals surface area contributed by atoms with Crippen molar-refractivity contribution in [3.63, 3.8) is 0 Å². The number of nitrogens with one attached hydrogen (secondary N) is 1. The van der Waals surface area contributed by atoms with Crippen LogP contribution in [-0.4, -0.2) is 23.1 Å². The van der Waals surface area contributed by atoms with Gasteiger partial charge in [-0.15, -0.1) is 0 Å². The van der Waals surface area contributed by atoms with Gasteiger partial charge >= 0.3 is 0 Å². The topological polar surface area (TPSA) is 89.3 Å². The van der Waals surface area contributed by atoms with Crippen LogP contribution in [-0.2, 0) is 14.4 Å². The number of carbonyl (C=O) groups is 3. The molecule has 1 aliphatic rings. The van der Waals surface area contributed by atoms with Gasteiger partial charge in [-0.1, -0.05) is 20.8 Å². The van der Waals surface area contributed by atoms with Crippen molar-refractivity contribution in [1.82, 2.24) is 5.32 Å². The fraction of sp³-hybridized carbons (Fsp3) is 0.727. The van der Waals surface area contributed by atoms with Crippen LogP contribution < -0.4 is 11.1 Å². The highest BCUT2D eigenvalue weighted by Gasteiger charge is 2.48. The maximum atomic E-state index is 11.8. The molecule has 16 heavy (non-hydrogen) atoms. The number of primary amides is 1. The Bertz CT molecular complexity index is 338. The van der Waals surface area contributed by atoms with E-state index in [2.05, 4.69) is 5.32 Å². The normalized spacial score (nSPS) is 18.4. The Balaban J connectivity index is 2.80. The van der Waals surface area contributed by atoms with Crippen LogP contribution in [0.2, 0.25) is 0 Å². The fourth-order valence-corrected chi connectivity index (χ4v) is 1.58. The number of hydrogen-bond donors (Lipinski definition) is 2. The van der Waals surface area contributed by atoms with Crippen molar-refractivity contribution in [2.24, 2.45) is 11.1 Å². The minimum atomic E-state index is -1.03. The van der Waals surface area contributed by atoms with Crippen LogP contribution in [0.4, 0.5) is 0 Å². The van der Waals surface area contributed by atoms with Gasteiger partial charge in [0.05, 0.1) is 0 Å². The lowest BCUT2D eigenvalue weighted by atomic mass is 9.72. The van der Waals surface area contributed by atoms with Crippen LogP contribution in [0.1, 0.15) is 40.0 Å². The second kappa shape index (κ2) is 3.88. The van der Waals surface area contributed by atoms with Crippen molar-refractivity contribution in [3.8, 4) is 0 Å². The van der Waals surface area contributed by atoms with E-state index in [0.29, 0.717) is 12.8 Å². The van der Waals surface area contributed by atoms with Gasteiger partial charge in [0.1, 0.15) is 5.54 Å². The lowest BCUT2D eigenvalue weighted by Crippen LogP contribution is -2.63. The third kappa shape index (κ3) is 2.23. The minimum Gasteiger partial charge on any atom is -0.363 e. The molecular formula is C11H18N2O3. The SMILES string of the molecule is CC(C)(C)C(=O)NC1(C(=O)C(N)=O)CCC1. The standard InChI is InChI=1S/C11H18N2O3/c1-10(2,3)9(16)13-11(5-4-6-11)7(14)8(12)15/h4-6H2,1-3H3,(H2,12,15)(H,13,16). The van der Waals surface area contributed by atoms with Crippen molar-refractivity contribution in [2.45, 2.75) is 45.6 Å². The Morgan fingerprint density at radius 2 is 1.69 bits per heavy atom. The highest BCUT2D eigenvalue weighted by molar-refractivity contribution is 6.39. The molecule has 1 fully saturated rings. The van der Waals surface area contributed by atoms with Gasteiger partial charge < -0.3 is 11.1 Å². The van der Waals surface area contributed by atoms with Gasteiger partial charge in [0.15, 0.2) is 0 Å². The monoisotopic (exact) mass is 226 g/mol. The molecule has 90 valence electrons. The first-order chi connectivity index (χ1) is 7.19. The summed E-state index contributed by atoms with van der Waals surface area (Å²) in [5.74, 6) is -1.90. The second-order valence-electron chi connectivity index (χ2n) is 5.33. The quantitative estimate of drug-likeness (QED) is 0.670. The molecule has 0 bridgehead atoms. The van der Waals surface area contributed by atoms with Crippen LogP contribution in [0.5, 0.6) is 0 Å².